The van der Waals surface area contributed by atoms with Crippen LogP contribution in [0, 0.1) is 0 Å². The summed E-state index contributed by atoms with van der Waals surface area (Å²) in [6.45, 7) is 8.16. The second-order valence-electron chi connectivity index (χ2n) is 9.85. The van der Waals surface area contributed by atoms with Gasteiger partial charge >= 0.3 is 8.80 Å². The lowest BCUT2D eigenvalue weighted by Gasteiger charge is -2.28. The summed E-state index contributed by atoms with van der Waals surface area (Å²) >= 11 is 5.72. The average Bonchev–Trinajstić information content (AvgIpc) is 2.83. The highest BCUT2D eigenvalue weighted by Crippen LogP contribution is 2.21. The normalized spacial score (nSPS) is 12.0. The van der Waals surface area contributed by atoms with Crippen LogP contribution in [0.3, 0.4) is 0 Å². The summed E-state index contributed by atoms with van der Waals surface area (Å²) in [5, 5.41) is 0. The zero-order valence-corrected chi connectivity index (χ0v) is 25.2. The molecule has 0 unspecified atom stereocenters. The van der Waals surface area contributed by atoms with Crippen LogP contribution in [0.5, 0.6) is 0 Å². The van der Waals surface area contributed by atoms with Crippen molar-refractivity contribution in [3.63, 3.8) is 0 Å². The molecule has 0 bridgehead atoms. The van der Waals surface area contributed by atoms with Crippen molar-refractivity contribution in [2.45, 2.75) is 162 Å². The lowest BCUT2D eigenvalue weighted by molar-refractivity contribution is 0.0706. The second kappa shape index (κ2) is 28.0. The summed E-state index contributed by atoms with van der Waals surface area (Å²) in [6, 6.07) is 0.970. The zero-order valence-electron chi connectivity index (χ0n) is 23.5. The minimum Gasteiger partial charge on any atom is -0.374 e. The van der Waals surface area contributed by atoms with Crippen molar-refractivity contribution in [1.82, 2.24) is 0 Å². The first-order valence-electron chi connectivity index (χ1n) is 15.2. The highest BCUT2D eigenvalue weighted by atomic mass is 35.5. The molecule has 5 heteroatoms. The van der Waals surface area contributed by atoms with Gasteiger partial charge in [-0.25, -0.2) is 0 Å². The Morgan fingerprint density at radius 2 is 0.618 bits per heavy atom. The van der Waals surface area contributed by atoms with Gasteiger partial charge in [-0.3, -0.25) is 0 Å². The van der Waals surface area contributed by atoms with Gasteiger partial charge in [-0.15, -0.1) is 11.6 Å². The smallest absolute Gasteiger partial charge is 0.374 e. The van der Waals surface area contributed by atoms with Gasteiger partial charge in [-0.05, 0) is 33.6 Å². The predicted octanol–water partition coefficient (Wildman–Crippen LogP) is 10.5. The van der Waals surface area contributed by atoms with E-state index in [1.54, 1.807) is 0 Å². The summed E-state index contributed by atoms with van der Waals surface area (Å²) < 4.78 is 17.8. The highest BCUT2D eigenvalue weighted by molar-refractivity contribution is 6.60. The zero-order chi connectivity index (χ0) is 25.0. The molecule has 0 atom stereocenters. The second-order valence-corrected chi connectivity index (χ2v) is 13.0. The molecule has 0 rings (SSSR count). The standard InChI is InChI=1S/C29H61ClO3Si/c1-4-31-34(32-5-2,33-6-3)29-27-25-23-21-19-17-15-13-11-9-7-8-10-12-14-16-18-20-22-24-26-28-30/h4-29H2,1-3H3. The Balaban J connectivity index is 3.33. The maximum Gasteiger partial charge on any atom is 0.500 e. The molecule has 0 spiro atoms. The number of unbranched alkanes of at least 4 members (excludes halogenated alkanes) is 20. The van der Waals surface area contributed by atoms with Crippen molar-refractivity contribution in [3.05, 3.63) is 0 Å². The SMILES string of the molecule is CCO[Si](CCCCCCCCCCCCCCCCCCCCCCCCl)(OCC)OCC. The van der Waals surface area contributed by atoms with Crippen molar-refractivity contribution in [2.24, 2.45) is 0 Å². The Morgan fingerprint density at radius 1 is 0.382 bits per heavy atom. The first-order chi connectivity index (χ1) is 16.7. The molecule has 0 heterocycles. The van der Waals surface area contributed by atoms with Crippen LogP contribution in [0.25, 0.3) is 0 Å². The summed E-state index contributed by atoms with van der Waals surface area (Å²) in [5.41, 5.74) is 0. The number of alkyl halides is 1. The van der Waals surface area contributed by atoms with Crippen molar-refractivity contribution < 1.29 is 13.3 Å². The van der Waals surface area contributed by atoms with Crippen LogP contribution >= 0.6 is 11.6 Å². The van der Waals surface area contributed by atoms with Gasteiger partial charge < -0.3 is 13.3 Å². The van der Waals surface area contributed by atoms with E-state index in [4.69, 9.17) is 24.9 Å². The fourth-order valence-corrected chi connectivity index (χ4v) is 7.67. The van der Waals surface area contributed by atoms with Crippen LogP contribution in [0.4, 0.5) is 0 Å². The van der Waals surface area contributed by atoms with Gasteiger partial charge in [0.1, 0.15) is 0 Å². The molecule has 0 aliphatic carbocycles. The van der Waals surface area contributed by atoms with E-state index in [0.29, 0.717) is 19.8 Å². The predicted molar refractivity (Wildman–Crippen MR) is 153 cm³/mol. The van der Waals surface area contributed by atoms with Crippen LogP contribution in [-0.2, 0) is 13.3 Å². The average molecular weight is 521 g/mol. The molecule has 0 saturated heterocycles. The maximum atomic E-state index is 5.95. The van der Waals surface area contributed by atoms with Crippen LogP contribution in [0.1, 0.15) is 156 Å². The Kier molecular flexibility index (Phi) is 28.3. The maximum absolute atomic E-state index is 5.95. The van der Waals surface area contributed by atoms with Crippen molar-refractivity contribution >= 4 is 20.4 Å². The van der Waals surface area contributed by atoms with Gasteiger partial charge in [0.25, 0.3) is 0 Å². The third-order valence-electron chi connectivity index (χ3n) is 6.71. The molecular formula is C29H61ClO3Si. The molecule has 0 saturated carbocycles. The van der Waals surface area contributed by atoms with Gasteiger partial charge in [-0.1, -0.05) is 122 Å². The quantitative estimate of drug-likeness (QED) is 0.0557. The first kappa shape index (κ1) is 34.4. The van der Waals surface area contributed by atoms with E-state index in [0.717, 1.165) is 11.9 Å². The van der Waals surface area contributed by atoms with Crippen LogP contribution in [0.15, 0.2) is 0 Å². The van der Waals surface area contributed by atoms with Crippen molar-refractivity contribution in [3.8, 4) is 0 Å². The molecule has 34 heavy (non-hydrogen) atoms. The molecule has 0 aliphatic heterocycles. The number of hydrogen-bond donors (Lipinski definition) is 0. The van der Waals surface area contributed by atoms with E-state index in [2.05, 4.69) is 0 Å². The summed E-state index contributed by atoms with van der Waals surface area (Å²) in [6.07, 6.45) is 29.2. The Bertz CT molecular complexity index is 367. The van der Waals surface area contributed by atoms with Crippen LogP contribution in [0.2, 0.25) is 6.04 Å². The first-order valence-corrected chi connectivity index (χ1v) is 17.7. The van der Waals surface area contributed by atoms with E-state index < -0.39 is 8.80 Å². The Morgan fingerprint density at radius 3 is 0.853 bits per heavy atom. The highest BCUT2D eigenvalue weighted by Gasteiger charge is 2.39. The van der Waals surface area contributed by atoms with E-state index in [1.165, 1.54) is 135 Å². The third-order valence-corrected chi connectivity index (χ3v) is 10.1. The summed E-state index contributed by atoms with van der Waals surface area (Å²) in [5.74, 6) is 0.837. The Hall–Kier alpha value is 0.387. The minimum atomic E-state index is -2.42. The lowest BCUT2D eigenvalue weighted by Crippen LogP contribution is -2.45. The van der Waals surface area contributed by atoms with E-state index >= 15 is 0 Å². The number of hydrogen-bond acceptors (Lipinski definition) is 3. The summed E-state index contributed by atoms with van der Waals surface area (Å²) in [7, 11) is -2.42. The molecule has 0 aliphatic rings. The molecule has 0 fully saturated rings. The van der Waals surface area contributed by atoms with E-state index in [-0.39, 0.29) is 0 Å². The molecule has 0 N–H and O–H groups in total. The topological polar surface area (TPSA) is 27.7 Å². The molecule has 0 amide bonds. The number of halogens is 1. The molecule has 206 valence electrons. The van der Waals surface area contributed by atoms with E-state index in [1.807, 2.05) is 20.8 Å². The largest absolute Gasteiger partial charge is 0.500 e. The van der Waals surface area contributed by atoms with Gasteiger partial charge in [0.2, 0.25) is 0 Å². The van der Waals surface area contributed by atoms with E-state index in [9.17, 15) is 0 Å². The molecule has 0 aromatic carbocycles. The fourth-order valence-electron chi connectivity index (χ4n) is 4.80. The lowest BCUT2D eigenvalue weighted by atomic mass is 10.0. The summed E-state index contributed by atoms with van der Waals surface area (Å²) in [4.78, 5) is 0. The van der Waals surface area contributed by atoms with Crippen LogP contribution < -0.4 is 0 Å². The van der Waals surface area contributed by atoms with Gasteiger partial charge in [-0.2, -0.15) is 0 Å². The molecule has 3 nitrogen and oxygen atoms in total. The minimum absolute atomic E-state index is 0.683. The molecule has 0 aromatic heterocycles. The van der Waals surface area contributed by atoms with Gasteiger partial charge in [0.05, 0.1) is 0 Å². The molecule has 0 aromatic rings. The van der Waals surface area contributed by atoms with Crippen LogP contribution in [-0.4, -0.2) is 34.5 Å². The van der Waals surface area contributed by atoms with Crippen molar-refractivity contribution in [1.29, 1.82) is 0 Å². The van der Waals surface area contributed by atoms with Crippen molar-refractivity contribution in [2.75, 3.05) is 25.7 Å². The monoisotopic (exact) mass is 520 g/mol. The fraction of sp³-hybridized carbons (Fsp3) is 1.00. The third kappa shape index (κ3) is 22.8. The molecular weight excluding hydrogens is 460 g/mol. The van der Waals surface area contributed by atoms with Gasteiger partial charge in [0.15, 0.2) is 0 Å². The molecule has 0 radical (unpaired) electrons. The Labute approximate surface area is 220 Å². The number of rotatable bonds is 29. The van der Waals surface area contributed by atoms with Gasteiger partial charge in [0, 0.05) is 31.7 Å².